The fourth-order valence-electron chi connectivity index (χ4n) is 3.49. The maximum absolute atomic E-state index is 12.9. The zero-order valence-corrected chi connectivity index (χ0v) is 15.8. The van der Waals surface area contributed by atoms with E-state index in [1.165, 1.54) is 16.8 Å². The van der Waals surface area contributed by atoms with Gasteiger partial charge in [0.05, 0.1) is 17.7 Å². The second-order valence-electron chi connectivity index (χ2n) is 6.96. The van der Waals surface area contributed by atoms with Crippen molar-refractivity contribution in [3.63, 3.8) is 0 Å². The van der Waals surface area contributed by atoms with Gasteiger partial charge < -0.3 is 10.6 Å². The molecule has 0 aliphatic carbocycles. The summed E-state index contributed by atoms with van der Waals surface area (Å²) in [5.74, 6) is -0.480. The molecule has 2 aromatic carbocycles. The summed E-state index contributed by atoms with van der Waals surface area (Å²) in [7, 11) is 0. The van der Waals surface area contributed by atoms with Crippen molar-refractivity contribution in [1.82, 2.24) is 9.78 Å². The van der Waals surface area contributed by atoms with Crippen LogP contribution in [0.25, 0.3) is 11.1 Å². The molecular formula is C21H17F3N4O2. The summed E-state index contributed by atoms with van der Waals surface area (Å²) in [6.07, 6.45) is -4.77. The zero-order chi connectivity index (χ0) is 21.5. The van der Waals surface area contributed by atoms with Crippen LogP contribution >= 0.6 is 0 Å². The molecule has 0 spiro atoms. The lowest BCUT2D eigenvalue weighted by Gasteiger charge is -2.12. The lowest BCUT2D eigenvalue weighted by atomic mass is 10.1. The molecule has 2 heterocycles. The van der Waals surface area contributed by atoms with Crippen molar-refractivity contribution in [3.8, 4) is 11.1 Å². The molecular weight excluding hydrogens is 397 g/mol. The minimum atomic E-state index is -4.51. The van der Waals surface area contributed by atoms with Crippen LogP contribution in [-0.2, 0) is 15.8 Å². The van der Waals surface area contributed by atoms with Crippen molar-refractivity contribution in [1.29, 1.82) is 0 Å². The summed E-state index contributed by atoms with van der Waals surface area (Å²) in [5, 5.41) is 9.60. The Balaban J connectivity index is 1.55. The Kier molecular flexibility index (Phi) is 4.81. The first-order valence-corrected chi connectivity index (χ1v) is 9.16. The lowest BCUT2D eigenvalue weighted by Crippen LogP contribution is -2.24. The molecule has 2 N–H and O–H groups in total. The number of carbonyl (C=O) groups is 2. The molecule has 1 aliphatic rings. The number of anilines is 2. The third kappa shape index (κ3) is 3.66. The Morgan fingerprint density at radius 3 is 2.60 bits per heavy atom. The Morgan fingerprint density at radius 1 is 1.17 bits per heavy atom. The van der Waals surface area contributed by atoms with Crippen molar-refractivity contribution in [2.75, 3.05) is 10.6 Å². The van der Waals surface area contributed by atoms with Gasteiger partial charge in [0.25, 0.3) is 5.91 Å². The SMILES string of the molecule is Cc1nn2c(c1-c1ccccc1)NC(=O)C2CC(=O)Nc1cccc(C(F)(F)F)c1. The van der Waals surface area contributed by atoms with E-state index in [1.807, 2.05) is 30.3 Å². The number of fused-ring (bicyclic) bond motifs is 1. The van der Waals surface area contributed by atoms with E-state index in [-0.39, 0.29) is 12.1 Å². The lowest BCUT2D eigenvalue weighted by molar-refractivity contribution is -0.137. The van der Waals surface area contributed by atoms with Crippen molar-refractivity contribution in [2.24, 2.45) is 0 Å². The normalized spacial score (nSPS) is 15.6. The highest BCUT2D eigenvalue weighted by molar-refractivity contribution is 6.04. The molecule has 4 rings (SSSR count). The van der Waals surface area contributed by atoms with Gasteiger partial charge in [-0.05, 0) is 30.7 Å². The maximum atomic E-state index is 12.9. The van der Waals surface area contributed by atoms with Crippen LogP contribution < -0.4 is 10.6 Å². The minimum Gasteiger partial charge on any atom is -0.326 e. The summed E-state index contributed by atoms with van der Waals surface area (Å²) in [5.41, 5.74) is 1.49. The third-order valence-electron chi connectivity index (χ3n) is 4.84. The zero-order valence-electron chi connectivity index (χ0n) is 15.8. The molecule has 30 heavy (non-hydrogen) atoms. The molecule has 0 saturated heterocycles. The van der Waals surface area contributed by atoms with E-state index in [0.29, 0.717) is 11.5 Å². The van der Waals surface area contributed by atoms with E-state index in [0.717, 1.165) is 23.3 Å². The van der Waals surface area contributed by atoms with Crippen LogP contribution in [0.5, 0.6) is 0 Å². The monoisotopic (exact) mass is 414 g/mol. The highest BCUT2D eigenvalue weighted by Gasteiger charge is 2.36. The Bertz CT molecular complexity index is 1120. The maximum Gasteiger partial charge on any atom is 0.416 e. The van der Waals surface area contributed by atoms with Crippen LogP contribution in [0.15, 0.2) is 54.6 Å². The fraction of sp³-hybridized carbons (Fsp3) is 0.190. The van der Waals surface area contributed by atoms with Gasteiger partial charge in [-0.1, -0.05) is 36.4 Å². The molecule has 1 aliphatic heterocycles. The van der Waals surface area contributed by atoms with Crippen molar-refractivity contribution in [3.05, 3.63) is 65.9 Å². The predicted octanol–water partition coefficient (Wildman–Crippen LogP) is 4.40. The quantitative estimate of drug-likeness (QED) is 0.665. The van der Waals surface area contributed by atoms with Gasteiger partial charge in [-0.2, -0.15) is 18.3 Å². The van der Waals surface area contributed by atoms with Gasteiger partial charge >= 0.3 is 6.18 Å². The predicted molar refractivity (Wildman–Crippen MR) is 105 cm³/mol. The summed E-state index contributed by atoms with van der Waals surface area (Å²) < 4.78 is 40.0. The summed E-state index contributed by atoms with van der Waals surface area (Å²) in [6.45, 7) is 1.81. The molecule has 0 radical (unpaired) electrons. The first kappa shape index (κ1) is 19.7. The highest BCUT2D eigenvalue weighted by Crippen LogP contribution is 2.38. The van der Waals surface area contributed by atoms with E-state index in [2.05, 4.69) is 15.7 Å². The van der Waals surface area contributed by atoms with Crippen LogP contribution in [0.4, 0.5) is 24.7 Å². The second kappa shape index (κ2) is 7.33. The fourth-order valence-corrected chi connectivity index (χ4v) is 3.49. The molecule has 0 fully saturated rings. The summed E-state index contributed by atoms with van der Waals surface area (Å²) >= 11 is 0. The molecule has 1 aromatic heterocycles. The molecule has 6 nitrogen and oxygen atoms in total. The molecule has 1 unspecified atom stereocenters. The molecule has 1 atom stereocenters. The average molecular weight is 414 g/mol. The highest BCUT2D eigenvalue weighted by atomic mass is 19.4. The molecule has 0 bridgehead atoms. The smallest absolute Gasteiger partial charge is 0.326 e. The summed E-state index contributed by atoms with van der Waals surface area (Å²) in [4.78, 5) is 24.9. The molecule has 2 amide bonds. The number of aromatic nitrogens is 2. The largest absolute Gasteiger partial charge is 0.416 e. The molecule has 0 saturated carbocycles. The number of hydrogen-bond donors (Lipinski definition) is 2. The van der Waals surface area contributed by atoms with Crippen LogP contribution in [0.1, 0.15) is 23.7 Å². The van der Waals surface area contributed by atoms with Gasteiger partial charge in [0.1, 0.15) is 11.9 Å². The Morgan fingerprint density at radius 2 is 1.90 bits per heavy atom. The number of aryl methyl sites for hydroxylation is 1. The molecule has 3 aromatic rings. The van der Waals surface area contributed by atoms with Gasteiger partial charge in [0.15, 0.2) is 0 Å². The number of amides is 2. The number of hydrogen-bond acceptors (Lipinski definition) is 3. The number of halogens is 3. The number of nitrogens with one attached hydrogen (secondary N) is 2. The molecule has 154 valence electrons. The summed E-state index contributed by atoms with van der Waals surface area (Å²) in [6, 6.07) is 12.9. The van der Waals surface area contributed by atoms with E-state index >= 15 is 0 Å². The van der Waals surface area contributed by atoms with Crippen LogP contribution in [0.2, 0.25) is 0 Å². The van der Waals surface area contributed by atoms with Crippen molar-refractivity contribution in [2.45, 2.75) is 25.6 Å². The van der Waals surface area contributed by atoms with Gasteiger partial charge in [-0.3, -0.25) is 9.59 Å². The first-order chi connectivity index (χ1) is 14.2. The number of nitrogens with zero attached hydrogens (tertiary/aromatic N) is 2. The number of alkyl halides is 3. The number of benzene rings is 2. The number of carbonyl (C=O) groups excluding carboxylic acids is 2. The standard InChI is InChI=1S/C21H17F3N4O2/c1-12-18(13-6-3-2-4-7-13)19-26-20(30)16(28(19)27-12)11-17(29)25-15-9-5-8-14(10-15)21(22,23)24/h2-10,16H,11H2,1H3,(H,25,29)(H,26,30). The van der Waals surface area contributed by atoms with Crippen molar-refractivity contribution < 1.29 is 22.8 Å². The van der Waals surface area contributed by atoms with Crippen LogP contribution in [0, 0.1) is 6.92 Å². The Hall–Kier alpha value is -3.62. The Labute approximate surface area is 169 Å². The topological polar surface area (TPSA) is 76.0 Å². The van der Waals surface area contributed by atoms with E-state index < -0.39 is 29.6 Å². The van der Waals surface area contributed by atoms with E-state index in [4.69, 9.17) is 0 Å². The van der Waals surface area contributed by atoms with Crippen molar-refractivity contribution >= 4 is 23.3 Å². The van der Waals surface area contributed by atoms with Crippen LogP contribution in [-0.4, -0.2) is 21.6 Å². The van der Waals surface area contributed by atoms with Gasteiger partial charge in [0.2, 0.25) is 5.91 Å². The van der Waals surface area contributed by atoms with E-state index in [9.17, 15) is 22.8 Å². The third-order valence-corrected chi connectivity index (χ3v) is 4.84. The second-order valence-corrected chi connectivity index (χ2v) is 6.96. The average Bonchev–Trinajstić information content (AvgIpc) is 3.16. The van der Waals surface area contributed by atoms with Gasteiger partial charge in [0, 0.05) is 11.3 Å². The van der Waals surface area contributed by atoms with E-state index in [1.54, 1.807) is 6.92 Å². The van der Waals surface area contributed by atoms with Crippen LogP contribution in [0.3, 0.4) is 0 Å². The molecule has 9 heteroatoms. The van der Waals surface area contributed by atoms with Gasteiger partial charge in [-0.25, -0.2) is 4.68 Å². The minimum absolute atomic E-state index is 0.00933. The first-order valence-electron chi connectivity index (χ1n) is 9.16. The van der Waals surface area contributed by atoms with Gasteiger partial charge in [-0.15, -0.1) is 0 Å². The number of rotatable bonds is 4.